The highest BCUT2D eigenvalue weighted by Crippen LogP contribution is 2.38. The van der Waals surface area contributed by atoms with Gasteiger partial charge in [0.2, 0.25) is 10.0 Å². The summed E-state index contributed by atoms with van der Waals surface area (Å²) < 4.78 is 22.6. The molecule has 0 unspecified atom stereocenters. The first-order chi connectivity index (χ1) is 8.05. The summed E-state index contributed by atoms with van der Waals surface area (Å²) in [5.74, 6) is 0. The zero-order valence-corrected chi connectivity index (χ0v) is 10.2. The molecule has 0 spiro atoms. The molecular formula is C11H15N3O2S. The number of benzene rings is 1. The first kappa shape index (κ1) is 10.9. The summed E-state index contributed by atoms with van der Waals surface area (Å²) in [4.78, 5) is 2.51. The fourth-order valence-corrected chi connectivity index (χ4v) is 2.82. The standard InChI is InChI=1S/C11H15N3O2S/c12-17(15,16)9-3-4-11-10(7-9)13-5-6-14(11)8-1-2-8/h3-4,7-8,13H,1-2,5-6H2,(H2,12,15,16). The van der Waals surface area contributed by atoms with Crippen molar-refractivity contribution in [3.8, 4) is 0 Å². The van der Waals surface area contributed by atoms with E-state index in [1.165, 1.54) is 12.8 Å². The molecule has 1 aromatic carbocycles. The van der Waals surface area contributed by atoms with Crippen molar-refractivity contribution in [1.82, 2.24) is 0 Å². The monoisotopic (exact) mass is 253 g/mol. The molecule has 1 aliphatic carbocycles. The fraction of sp³-hybridized carbons (Fsp3) is 0.455. The maximum atomic E-state index is 11.3. The molecule has 1 aliphatic heterocycles. The maximum absolute atomic E-state index is 11.3. The average Bonchev–Trinajstić information content (AvgIpc) is 3.10. The quantitative estimate of drug-likeness (QED) is 0.814. The van der Waals surface area contributed by atoms with Crippen LogP contribution in [0.2, 0.25) is 0 Å². The van der Waals surface area contributed by atoms with Crippen LogP contribution in [0.1, 0.15) is 12.8 Å². The van der Waals surface area contributed by atoms with Crippen LogP contribution in [0.25, 0.3) is 0 Å². The maximum Gasteiger partial charge on any atom is 0.238 e. The first-order valence-corrected chi connectivity index (χ1v) is 7.28. The lowest BCUT2D eigenvalue weighted by atomic mass is 10.2. The Labute approximate surface area is 101 Å². The lowest BCUT2D eigenvalue weighted by Crippen LogP contribution is -2.35. The smallest absolute Gasteiger partial charge is 0.238 e. The zero-order chi connectivity index (χ0) is 12.0. The summed E-state index contributed by atoms with van der Waals surface area (Å²) in [5, 5.41) is 8.35. The number of rotatable bonds is 2. The van der Waals surface area contributed by atoms with Gasteiger partial charge in [0.1, 0.15) is 0 Å². The molecule has 3 N–H and O–H groups in total. The number of hydrogen-bond acceptors (Lipinski definition) is 4. The largest absolute Gasteiger partial charge is 0.382 e. The van der Waals surface area contributed by atoms with E-state index in [2.05, 4.69) is 10.2 Å². The molecule has 0 atom stereocenters. The third-order valence-corrected chi connectivity index (χ3v) is 4.17. The first-order valence-electron chi connectivity index (χ1n) is 5.73. The Hall–Kier alpha value is -1.27. The highest BCUT2D eigenvalue weighted by Gasteiger charge is 2.32. The van der Waals surface area contributed by atoms with Crippen LogP contribution in [0, 0.1) is 0 Å². The summed E-state index contributed by atoms with van der Waals surface area (Å²) in [6.45, 7) is 1.82. The van der Waals surface area contributed by atoms with Gasteiger partial charge in [-0.3, -0.25) is 0 Å². The summed E-state index contributed by atoms with van der Waals surface area (Å²) in [7, 11) is -3.62. The van der Waals surface area contributed by atoms with Gasteiger partial charge in [-0.05, 0) is 31.0 Å². The van der Waals surface area contributed by atoms with Crippen molar-refractivity contribution >= 4 is 21.4 Å². The second-order valence-electron chi connectivity index (χ2n) is 4.58. The highest BCUT2D eigenvalue weighted by molar-refractivity contribution is 7.89. The van der Waals surface area contributed by atoms with Crippen molar-refractivity contribution in [2.24, 2.45) is 5.14 Å². The predicted molar refractivity (Wildman–Crippen MR) is 66.7 cm³/mol. The number of anilines is 2. The Balaban J connectivity index is 2.03. The van der Waals surface area contributed by atoms with Crippen LogP contribution in [0.5, 0.6) is 0 Å². The molecule has 1 saturated carbocycles. The topological polar surface area (TPSA) is 75.4 Å². The van der Waals surface area contributed by atoms with Gasteiger partial charge in [0.25, 0.3) is 0 Å². The summed E-state index contributed by atoms with van der Waals surface area (Å²) >= 11 is 0. The fourth-order valence-electron chi connectivity index (χ4n) is 2.28. The van der Waals surface area contributed by atoms with Crippen molar-refractivity contribution in [3.05, 3.63) is 18.2 Å². The summed E-state index contributed by atoms with van der Waals surface area (Å²) in [6.07, 6.45) is 2.47. The molecule has 6 heteroatoms. The van der Waals surface area contributed by atoms with Crippen LogP contribution in [-0.2, 0) is 10.0 Å². The Kier molecular flexibility index (Phi) is 2.31. The van der Waals surface area contributed by atoms with Crippen molar-refractivity contribution in [2.45, 2.75) is 23.8 Å². The van der Waals surface area contributed by atoms with Gasteiger partial charge in [-0.25, -0.2) is 13.6 Å². The van der Waals surface area contributed by atoms with Gasteiger partial charge >= 0.3 is 0 Å². The minimum atomic E-state index is -3.62. The number of hydrogen-bond donors (Lipinski definition) is 2. The Bertz CT molecular complexity index is 552. The summed E-state index contributed by atoms with van der Waals surface area (Å²) in [6, 6.07) is 5.69. The molecule has 0 bridgehead atoms. The minimum absolute atomic E-state index is 0.168. The molecule has 0 saturated heterocycles. The second-order valence-corrected chi connectivity index (χ2v) is 6.14. The third-order valence-electron chi connectivity index (χ3n) is 3.26. The van der Waals surface area contributed by atoms with E-state index in [1.54, 1.807) is 12.1 Å². The minimum Gasteiger partial charge on any atom is -0.382 e. The number of fused-ring (bicyclic) bond motifs is 1. The van der Waals surface area contributed by atoms with E-state index in [4.69, 9.17) is 5.14 Å². The Morgan fingerprint density at radius 2 is 2.12 bits per heavy atom. The molecule has 92 valence electrons. The Morgan fingerprint density at radius 1 is 1.35 bits per heavy atom. The SMILES string of the molecule is NS(=O)(=O)c1ccc2c(c1)NCCN2C1CC1. The zero-order valence-electron chi connectivity index (χ0n) is 9.39. The second kappa shape index (κ2) is 3.61. The van der Waals surface area contributed by atoms with Gasteiger partial charge in [-0.2, -0.15) is 0 Å². The predicted octanol–water partition coefficient (Wildman–Crippen LogP) is 0.728. The van der Waals surface area contributed by atoms with Gasteiger partial charge in [0.05, 0.1) is 16.3 Å². The number of sulfonamides is 1. The van der Waals surface area contributed by atoms with Crippen LogP contribution in [0.4, 0.5) is 11.4 Å². The van der Waals surface area contributed by atoms with E-state index in [1.807, 2.05) is 6.07 Å². The number of nitrogens with one attached hydrogen (secondary N) is 1. The van der Waals surface area contributed by atoms with Crippen LogP contribution >= 0.6 is 0 Å². The van der Waals surface area contributed by atoms with Crippen molar-refractivity contribution in [3.63, 3.8) is 0 Å². The number of nitrogens with zero attached hydrogens (tertiary/aromatic N) is 1. The van der Waals surface area contributed by atoms with E-state index < -0.39 is 10.0 Å². The molecule has 5 nitrogen and oxygen atoms in total. The normalized spacial score (nSPS) is 19.7. The molecule has 2 aliphatic rings. The van der Waals surface area contributed by atoms with E-state index in [0.717, 1.165) is 24.5 Å². The van der Waals surface area contributed by atoms with Gasteiger partial charge in [-0.1, -0.05) is 0 Å². The van der Waals surface area contributed by atoms with E-state index >= 15 is 0 Å². The van der Waals surface area contributed by atoms with Crippen molar-refractivity contribution in [1.29, 1.82) is 0 Å². The van der Waals surface area contributed by atoms with Crippen molar-refractivity contribution in [2.75, 3.05) is 23.3 Å². The van der Waals surface area contributed by atoms with Crippen molar-refractivity contribution < 1.29 is 8.42 Å². The molecular weight excluding hydrogens is 238 g/mol. The summed E-state index contributed by atoms with van der Waals surface area (Å²) in [5.41, 5.74) is 1.96. The Morgan fingerprint density at radius 3 is 2.76 bits per heavy atom. The van der Waals surface area contributed by atoms with Gasteiger partial charge in [0, 0.05) is 19.1 Å². The molecule has 1 heterocycles. The molecule has 1 fully saturated rings. The third kappa shape index (κ3) is 1.98. The average molecular weight is 253 g/mol. The lowest BCUT2D eigenvalue weighted by Gasteiger charge is -2.32. The number of nitrogens with two attached hydrogens (primary N) is 1. The number of primary sulfonamides is 1. The van der Waals surface area contributed by atoms with E-state index in [9.17, 15) is 8.42 Å². The molecule has 0 aromatic heterocycles. The molecule has 17 heavy (non-hydrogen) atoms. The molecule has 0 amide bonds. The van der Waals surface area contributed by atoms with Crippen LogP contribution in [-0.4, -0.2) is 27.5 Å². The van der Waals surface area contributed by atoms with Crippen LogP contribution in [0.3, 0.4) is 0 Å². The van der Waals surface area contributed by atoms with E-state index in [0.29, 0.717) is 6.04 Å². The van der Waals surface area contributed by atoms with Crippen LogP contribution < -0.4 is 15.4 Å². The van der Waals surface area contributed by atoms with Crippen LogP contribution in [0.15, 0.2) is 23.1 Å². The van der Waals surface area contributed by atoms with Gasteiger partial charge in [-0.15, -0.1) is 0 Å². The van der Waals surface area contributed by atoms with E-state index in [-0.39, 0.29) is 4.90 Å². The molecule has 3 rings (SSSR count). The molecule has 1 aromatic rings. The highest BCUT2D eigenvalue weighted by atomic mass is 32.2. The van der Waals surface area contributed by atoms with Gasteiger partial charge < -0.3 is 10.2 Å². The lowest BCUT2D eigenvalue weighted by molar-refractivity contribution is 0.598. The molecule has 0 radical (unpaired) electrons. The van der Waals surface area contributed by atoms with Gasteiger partial charge in [0.15, 0.2) is 0 Å².